The number of fused-ring (bicyclic) bond motifs is 1. The van der Waals surface area contributed by atoms with Crippen molar-refractivity contribution in [3.8, 4) is 0 Å². The molecule has 25 heavy (non-hydrogen) atoms. The molecular weight excluding hydrogens is 328 g/mol. The van der Waals surface area contributed by atoms with Crippen molar-refractivity contribution in [1.29, 1.82) is 0 Å². The van der Waals surface area contributed by atoms with E-state index in [1.165, 1.54) is 7.11 Å². The summed E-state index contributed by atoms with van der Waals surface area (Å²) in [6.07, 6.45) is 4.57. The van der Waals surface area contributed by atoms with Gasteiger partial charge in [-0.25, -0.2) is 4.98 Å². The average Bonchev–Trinajstić information content (AvgIpc) is 3.26. The first-order valence-corrected chi connectivity index (χ1v) is 8.57. The van der Waals surface area contributed by atoms with E-state index in [4.69, 9.17) is 4.74 Å². The second kappa shape index (κ2) is 7.83. The Morgan fingerprint density at radius 1 is 1.48 bits per heavy atom. The summed E-state index contributed by atoms with van der Waals surface area (Å²) in [6.45, 7) is 0.951. The topological polar surface area (TPSA) is 106 Å². The van der Waals surface area contributed by atoms with Crippen molar-refractivity contribution >= 4 is 17.7 Å². The van der Waals surface area contributed by atoms with Gasteiger partial charge >= 0.3 is 5.97 Å². The number of imidazole rings is 1. The molecule has 2 N–H and O–H groups in total. The van der Waals surface area contributed by atoms with Gasteiger partial charge in [0.15, 0.2) is 5.69 Å². The van der Waals surface area contributed by atoms with E-state index in [0.717, 1.165) is 19.3 Å². The number of nitrogens with zero attached hydrogens (tertiary/aromatic N) is 3. The highest BCUT2D eigenvalue weighted by molar-refractivity contribution is 5.98. The maximum absolute atomic E-state index is 12.6. The minimum Gasteiger partial charge on any atom is -0.469 e. The Hall–Kier alpha value is -2.13. The number of aromatic nitrogens is 2. The van der Waals surface area contributed by atoms with E-state index in [0.29, 0.717) is 37.6 Å². The Kier molecular flexibility index (Phi) is 5.54. The highest BCUT2D eigenvalue weighted by Crippen LogP contribution is 2.33. The second-order valence-electron chi connectivity index (χ2n) is 6.26. The Labute approximate surface area is 145 Å². The first kappa shape index (κ1) is 17.7. The molecule has 1 saturated heterocycles. The number of nitrogens with one attached hydrogen (secondary N) is 1. The second-order valence-corrected chi connectivity index (χ2v) is 6.26. The van der Waals surface area contributed by atoms with Crippen molar-refractivity contribution in [3.05, 3.63) is 12.0 Å². The van der Waals surface area contributed by atoms with E-state index in [2.05, 4.69) is 15.0 Å². The molecule has 2 atom stereocenters. The molecule has 0 unspecified atom stereocenters. The van der Waals surface area contributed by atoms with Crippen LogP contribution in [0.3, 0.4) is 0 Å². The Morgan fingerprint density at radius 3 is 3.04 bits per heavy atom. The van der Waals surface area contributed by atoms with Crippen LogP contribution in [0.15, 0.2) is 6.33 Å². The number of hydrogen-bond acceptors (Lipinski definition) is 7. The molecule has 3 rings (SSSR count). The molecule has 2 aliphatic heterocycles. The lowest BCUT2D eigenvalue weighted by Gasteiger charge is -2.29. The van der Waals surface area contributed by atoms with E-state index >= 15 is 0 Å². The van der Waals surface area contributed by atoms with Crippen molar-refractivity contribution in [2.45, 2.75) is 44.4 Å². The van der Waals surface area contributed by atoms with E-state index in [1.54, 1.807) is 11.2 Å². The standard InChI is InChI=1S/C16H24N4O5/c1-24-13(22)4-2-3-7-19-9-18-15-14(16(19)23)17-10-20(15)12-6-5-11(8-21)25-12/h10-12,18,21H,2-9H2,1H3/t11-,12+/m0/s1. The third-order valence-corrected chi connectivity index (χ3v) is 4.61. The van der Waals surface area contributed by atoms with Gasteiger partial charge in [-0.2, -0.15) is 0 Å². The number of amides is 1. The summed E-state index contributed by atoms with van der Waals surface area (Å²) in [5, 5.41) is 12.4. The van der Waals surface area contributed by atoms with Gasteiger partial charge < -0.3 is 24.8 Å². The molecular formula is C16H24N4O5. The van der Waals surface area contributed by atoms with Gasteiger partial charge in [0.05, 0.1) is 32.8 Å². The maximum Gasteiger partial charge on any atom is 0.305 e. The molecule has 1 fully saturated rings. The summed E-state index contributed by atoms with van der Waals surface area (Å²) in [4.78, 5) is 29.6. The molecule has 1 aromatic rings. The smallest absolute Gasteiger partial charge is 0.305 e. The number of carbonyl (C=O) groups excluding carboxylic acids is 2. The monoisotopic (exact) mass is 352 g/mol. The summed E-state index contributed by atoms with van der Waals surface area (Å²) in [5.41, 5.74) is 0.385. The van der Waals surface area contributed by atoms with Crippen molar-refractivity contribution in [3.63, 3.8) is 0 Å². The largest absolute Gasteiger partial charge is 0.469 e. The van der Waals surface area contributed by atoms with Gasteiger partial charge in [-0.15, -0.1) is 0 Å². The summed E-state index contributed by atoms with van der Waals surface area (Å²) in [7, 11) is 1.37. The van der Waals surface area contributed by atoms with Gasteiger partial charge in [0.1, 0.15) is 12.0 Å². The molecule has 0 bridgehead atoms. The Balaban J connectivity index is 1.58. The van der Waals surface area contributed by atoms with Crippen LogP contribution in [0, 0.1) is 0 Å². The van der Waals surface area contributed by atoms with Crippen LogP contribution in [0.2, 0.25) is 0 Å². The number of rotatable bonds is 7. The van der Waals surface area contributed by atoms with Crippen molar-refractivity contribution < 1.29 is 24.2 Å². The number of aliphatic hydroxyl groups excluding tert-OH is 1. The van der Waals surface area contributed by atoms with Gasteiger partial charge in [-0.1, -0.05) is 0 Å². The van der Waals surface area contributed by atoms with Gasteiger partial charge in [0.25, 0.3) is 5.91 Å². The number of anilines is 1. The lowest BCUT2D eigenvalue weighted by molar-refractivity contribution is -0.140. The van der Waals surface area contributed by atoms with Crippen LogP contribution < -0.4 is 5.32 Å². The number of methoxy groups -OCH3 is 1. The molecule has 1 amide bonds. The molecule has 9 heteroatoms. The molecule has 1 aromatic heterocycles. The van der Waals surface area contributed by atoms with Crippen LogP contribution in [0.4, 0.5) is 5.82 Å². The normalized spacial score (nSPS) is 22.6. The highest BCUT2D eigenvalue weighted by atomic mass is 16.5. The zero-order valence-electron chi connectivity index (χ0n) is 14.3. The fraction of sp³-hybridized carbons (Fsp3) is 0.688. The fourth-order valence-corrected chi connectivity index (χ4v) is 3.18. The fourth-order valence-electron chi connectivity index (χ4n) is 3.18. The van der Waals surface area contributed by atoms with Crippen molar-refractivity contribution in [2.75, 3.05) is 32.2 Å². The average molecular weight is 352 g/mol. The van der Waals surface area contributed by atoms with Crippen LogP contribution >= 0.6 is 0 Å². The predicted molar refractivity (Wildman–Crippen MR) is 87.9 cm³/mol. The number of ether oxygens (including phenoxy) is 2. The van der Waals surface area contributed by atoms with Gasteiger partial charge in [0, 0.05) is 13.0 Å². The summed E-state index contributed by atoms with van der Waals surface area (Å²) >= 11 is 0. The molecule has 138 valence electrons. The SMILES string of the molecule is COC(=O)CCCCN1CNc2c(ncn2[C@H]2CC[C@@H](CO)O2)C1=O. The number of hydrogen-bond donors (Lipinski definition) is 2. The van der Waals surface area contributed by atoms with Crippen LogP contribution in [-0.2, 0) is 14.3 Å². The molecule has 9 nitrogen and oxygen atoms in total. The van der Waals surface area contributed by atoms with E-state index < -0.39 is 0 Å². The van der Waals surface area contributed by atoms with Crippen LogP contribution in [0.5, 0.6) is 0 Å². The molecule has 0 aliphatic carbocycles. The number of unbranched alkanes of at least 4 members (excludes halogenated alkanes) is 1. The molecule has 3 heterocycles. The summed E-state index contributed by atoms with van der Waals surface area (Å²) in [6, 6.07) is 0. The first-order chi connectivity index (χ1) is 12.1. The van der Waals surface area contributed by atoms with Crippen LogP contribution in [0.25, 0.3) is 0 Å². The zero-order valence-corrected chi connectivity index (χ0v) is 14.3. The first-order valence-electron chi connectivity index (χ1n) is 8.57. The predicted octanol–water partition coefficient (Wildman–Crippen LogP) is 0.722. The minimum absolute atomic E-state index is 0.000894. The summed E-state index contributed by atoms with van der Waals surface area (Å²) < 4.78 is 12.2. The third-order valence-electron chi connectivity index (χ3n) is 4.61. The summed E-state index contributed by atoms with van der Waals surface area (Å²) in [5.74, 6) is 0.309. The van der Waals surface area contributed by atoms with Crippen molar-refractivity contribution in [1.82, 2.24) is 14.5 Å². The number of carbonyl (C=O) groups is 2. The molecule has 2 aliphatic rings. The van der Waals surface area contributed by atoms with E-state index in [1.807, 2.05) is 4.57 Å². The van der Waals surface area contributed by atoms with Crippen molar-refractivity contribution in [2.24, 2.45) is 0 Å². The lowest BCUT2D eigenvalue weighted by Crippen LogP contribution is -2.41. The number of aliphatic hydroxyl groups is 1. The minimum atomic E-state index is -0.234. The van der Waals surface area contributed by atoms with Gasteiger partial charge in [-0.05, 0) is 25.7 Å². The maximum atomic E-state index is 12.6. The Morgan fingerprint density at radius 2 is 2.32 bits per heavy atom. The Bertz CT molecular complexity index is 632. The number of esters is 1. The molecule has 0 spiro atoms. The zero-order chi connectivity index (χ0) is 17.8. The quantitative estimate of drug-likeness (QED) is 0.550. The molecule has 0 radical (unpaired) electrons. The van der Waals surface area contributed by atoms with Crippen LogP contribution in [0.1, 0.15) is 48.8 Å². The van der Waals surface area contributed by atoms with Crippen LogP contribution in [-0.4, -0.2) is 64.5 Å². The van der Waals surface area contributed by atoms with Gasteiger partial charge in [0.2, 0.25) is 0 Å². The third kappa shape index (κ3) is 3.77. The highest BCUT2D eigenvalue weighted by Gasteiger charge is 2.33. The van der Waals surface area contributed by atoms with E-state index in [9.17, 15) is 14.7 Å². The molecule has 0 saturated carbocycles. The molecule has 0 aromatic carbocycles. The van der Waals surface area contributed by atoms with Gasteiger partial charge in [-0.3, -0.25) is 14.2 Å². The lowest BCUT2D eigenvalue weighted by atomic mass is 10.2. The van der Waals surface area contributed by atoms with E-state index in [-0.39, 0.29) is 30.8 Å².